The molecule has 0 amide bonds. The maximum Gasteiger partial charge on any atom is 0.386 e. The number of aliphatic hydroxyl groups is 1. The van der Waals surface area contributed by atoms with Crippen LogP contribution in [0.15, 0.2) is 18.3 Å². The van der Waals surface area contributed by atoms with E-state index in [2.05, 4.69) is 10.3 Å². The van der Waals surface area contributed by atoms with Crippen LogP contribution in [0.2, 0.25) is 0 Å². The Balaban J connectivity index is 2.69. The molecule has 0 atom stereocenters. The summed E-state index contributed by atoms with van der Waals surface area (Å²) in [6.45, 7) is 0.546. The summed E-state index contributed by atoms with van der Waals surface area (Å²) >= 11 is 0. The molecule has 6 nitrogen and oxygen atoms in total. The van der Waals surface area contributed by atoms with Crippen LogP contribution in [0.1, 0.15) is 6.42 Å². The lowest BCUT2D eigenvalue weighted by Gasteiger charge is -2.04. The lowest BCUT2D eigenvalue weighted by molar-refractivity contribution is -0.388. The SMILES string of the molecule is O=[N+]([O-])c1ncccc1NCCCO. The van der Waals surface area contributed by atoms with Crippen LogP contribution in [0.25, 0.3) is 0 Å². The average Bonchev–Trinajstić information content (AvgIpc) is 2.19. The lowest BCUT2D eigenvalue weighted by atomic mass is 10.3. The zero-order chi connectivity index (χ0) is 10.4. The molecule has 0 saturated carbocycles. The van der Waals surface area contributed by atoms with Crippen LogP contribution in [0.5, 0.6) is 0 Å². The van der Waals surface area contributed by atoms with Crippen LogP contribution in [-0.4, -0.2) is 28.2 Å². The number of hydrogen-bond acceptors (Lipinski definition) is 5. The minimum atomic E-state index is -0.540. The molecule has 14 heavy (non-hydrogen) atoms. The summed E-state index contributed by atoms with van der Waals surface area (Å²) in [5, 5.41) is 21.9. The Morgan fingerprint density at radius 3 is 3.07 bits per heavy atom. The second kappa shape index (κ2) is 5.13. The number of rotatable bonds is 5. The van der Waals surface area contributed by atoms with Crippen molar-refractivity contribution in [1.82, 2.24) is 4.98 Å². The van der Waals surface area contributed by atoms with Crippen molar-refractivity contribution >= 4 is 11.5 Å². The van der Waals surface area contributed by atoms with Gasteiger partial charge >= 0.3 is 5.82 Å². The van der Waals surface area contributed by atoms with Gasteiger partial charge in [-0.25, -0.2) is 0 Å². The largest absolute Gasteiger partial charge is 0.396 e. The van der Waals surface area contributed by atoms with Crippen molar-refractivity contribution in [1.29, 1.82) is 0 Å². The molecular formula is C8H11N3O3. The van der Waals surface area contributed by atoms with E-state index >= 15 is 0 Å². The fourth-order valence-electron chi connectivity index (χ4n) is 0.983. The molecule has 0 fully saturated rings. The Morgan fingerprint density at radius 1 is 1.64 bits per heavy atom. The highest BCUT2D eigenvalue weighted by atomic mass is 16.6. The van der Waals surface area contributed by atoms with E-state index in [9.17, 15) is 10.1 Å². The highest BCUT2D eigenvalue weighted by Gasteiger charge is 2.12. The van der Waals surface area contributed by atoms with Gasteiger partial charge in [0.25, 0.3) is 0 Å². The molecule has 0 aliphatic rings. The summed E-state index contributed by atoms with van der Waals surface area (Å²) in [5.41, 5.74) is 0.381. The molecule has 76 valence electrons. The smallest absolute Gasteiger partial charge is 0.386 e. The Kier molecular flexibility index (Phi) is 3.81. The molecule has 0 radical (unpaired) electrons. The Bertz CT molecular complexity index is 316. The fourth-order valence-corrected chi connectivity index (χ4v) is 0.983. The third-order valence-electron chi connectivity index (χ3n) is 1.61. The third kappa shape index (κ3) is 2.67. The molecule has 1 rings (SSSR count). The maximum absolute atomic E-state index is 10.5. The quantitative estimate of drug-likeness (QED) is 0.413. The predicted octanol–water partition coefficient (Wildman–Crippen LogP) is 0.784. The van der Waals surface area contributed by atoms with Crippen LogP contribution in [-0.2, 0) is 0 Å². The maximum atomic E-state index is 10.5. The first kappa shape index (κ1) is 10.4. The van der Waals surface area contributed by atoms with E-state index in [-0.39, 0.29) is 12.4 Å². The summed E-state index contributed by atoms with van der Waals surface area (Å²) in [5.74, 6) is -0.189. The number of nitrogens with one attached hydrogen (secondary N) is 1. The molecule has 0 aliphatic carbocycles. The van der Waals surface area contributed by atoms with Crippen molar-refractivity contribution in [2.45, 2.75) is 6.42 Å². The van der Waals surface area contributed by atoms with Crippen molar-refractivity contribution in [3.05, 3.63) is 28.4 Å². The van der Waals surface area contributed by atoms with Crippen LogP contribution >= 0.6 is 0 Å². The molecule has 0 bridgehead atoms. The van der Waals surface area contributed by atoms with E-state index in [1.165, 1.54) is 6.20 Å². The van der Waals surface area contributed by atoms with Gasteiger partial charge in [-0.2, -0.15) is 0 Å². The highest BCUT2D eigenvalue weighted by Crippen LogP contribution is 2.19. The molecule has 1 aromatic heterocycles. The van der Waals surface area contributed by atoms with E-state index in [0.29, 0.717) is 18.7 Å². The fraction of sp³-hybridized carbons (Fsp3) is 0.375. The molecule has 0 saturated heterocycles. The van der Waals surface area contributed by atoms with Crippen LogP contribution in [0, 0.1) is 10.1 Å². The van der Waals surface area contributed by atoms with E-state index in [4.69, 9.17) is 5.11 Å². The van der Waals surface area contributed by atoms with Gasteiger partial charge in [0.15, 0.2) is 0 Å². The van der Waals surface area contributed by atoms with Gasteiger partial charge in [0.1, 0.15) is 11.9 Å². The zero-order valence-corrected chi connectivity index (χ0v) is 7.51. The van der Waals surface area contributed by atoms with Gasteiger partial charge in [0, 0.05) is 13.2 Å². The topological polar surface area (TPSA) is 88.3 Å². The summed E-state index contributed by atoms with van der Waals surface area (Å²) in [6, 6.07) is 3.21. The van der Waals surface area contributed by atoms with Crippen LogP contribution in [0.3, 0.4) is 0 Å². The normalized spacial score (nSPS) is 9.79. The molecule has 1 heterocycles. The minimum Gasteiger partial charge on any atom is -0.396 e. The van der Waals surface area contributed by atoms with Gasteiger partial charge in [0.2, 0.25) is 0 Å². The molecule has 0 aliphatic heterocycles. The van der Waals surface area contributed by atoms with Crippen molar-refractivity contribution in [2.75, 3.05) is 18.5 Å². The number of aromatic nitrogens is 1. The summed E-state index contributed by atoms with van der Waals surface area (Å²) in [7, 11) is 0. The molecule has 6 heteroatoms. The van der Waals surface area contributed by atoms with Crippen LogP contribution < -0.4 is 5.32 Å². The second-order valence-electron chi connectivity index (χ2n) is 2.64. The first-order valence-corrected chi connectivity index (χ1v) is 4.20. The van der Waals surface area contributed by atoms with Gasteiger partial charge < -0.3 is 20.5 Å². The predicted molar refractivity (Wildman–Crippen MR) is 51.1 cm³/mol. The molecule has 0 spiro atoms. The van der Waals surface area contributed by atoms with Crippen molar-refractivity contribution in [3.8, 4) is 0 Å². The first-order chi connectivity index (χ1) is 6.75. The Morgan fingerprint density at radius 2 is 2.43 bits per heavy atom. The lowest BCUT2D eigenvalue weighted by Crippen LogP contribution is -2.06. The standard InChI is InChI=1S/C8H11N3O3/c12-6-2-5-9-7-3-1-4-10-8(7)11(13)14/h1,3-4,9,12H,2,5-6H2. The molecule has 0 aromatic carbocycles. The van der Waals surface area contributed by atoms with Gasteiger partial charge in [-0.05, 0) is 28.5 Å². The van der Waals surface area contributed by atoms with Crippen molar-refractivity contribution < 1.29 is 10.0 Å². The first-order valence-electron chi connectivity index (χ1n) is 4.20. The minimum absolute atomic E-state index is 0.0566. The number of aliphatic hydroxyl groups excluding tert-OH is 1. The second-order valence-corrected chi connectivity index (χ2v) is 2.64. The van der Waals surface area contributed by atoms with Gasteiger partial charge in [-0.3, -0.25) is 0 Å². The van der Waals surface area contributed by atoms with E-state index in [1.807, 2.05) is 0 Å². The zero-order valence-electron chi connectivity index (χ0n) is 7.51. The van der Waals surface area contributed by atoms with Gasteiger partial charge in [-0.1, -0.05) is 0 Å². The molecular weight excluding hydrogens is 186 g/mol. The Hall–Kier alpha value is -1.69. The van der Waals surface area contributed by atoms with E-state index in [1.54, 1.807) is 12.1 Å². The van der Waals surface area contributed by atoms with Gasteiger partial charge in [-0.15, -0.1) is 0 Å². The Labute approximate surface area is 80.7 Å². The number of pyridine rings is 1. The summed E-state index contributed by atoms with van der Waals surface area (Å²) < 4.78 is 0. The van der Waals surface area contributed by atoms with Crippen molar-refractivity contribution in [2.24, 2.45) is 0 Å². The number of nitro groups is 1. The van der Waals surface area contributed by atoms with Gasteiger partial charge in [0.05, 0.1) is 0 Å². The average molecular weight is 197 g/mol. The summed E-state index contributed by atoms with van der Waals surface area (Å²) in [6.07, 6.45) is 1.92. The molecule has 0 unspecified atom stereocenters. The van der Waals surface area contributed by atoms with E-state index in [0.717, 1.165) is 0 Å². The van der Waals surface area contributed by atoms with Crippen LogP contribution in [0.4, 0.5) is 11.5 Å². The third-order valence-corrected chi connectivity index (χ3v) is 1.61. The molecule has 1 aromatic rings. The highest BCUT2D eigenvalue weighted by molar-refractivity contribution is 5.56. The number of nitrogens with zero attached hydrogens (tertiary/aromatic N) is 2. The number of hydrogen-bond donors (Lipinski definition) is 2. The number of anilines is 1. The molecule has 2 N–H and O–H groups in total. The monoisotopic (exact) mass is 197 g/mol. The van der Waals surface area contributed by atoms with Crippen molar-refractivity contribution in [3.63, 3.8) is 0 Å². The summed E-state index contributed by atoms with van der Waals surface area (Å²) in [4.78, 5) is 13.6. The van der Waals surface area contributed by atoms with E-state index < -0.39 is 4.92 Å².